The third kappa shape index (κ3) is 4.52. The zero-order chi connectivity index (χ0) is 20.2. The van der Waals surface area contributed by atoms with Crippen molar-refractivity contribution in [3.63, 3.8) is 0 Å². The van der Waals surface area contributed by atoms with Crippen LogP contribution in [-0.2, 0) is 16.0 Å². The normalized spacial score (nSPS) is 16.1. The summed E-state index contributed by atoms with van der Waals surface area (Å²) in [7, 11) is 0. The van der Waals surface area contributed by atoms with Gasteiger partial charge in [0.05, 0.1) is 25.9 Å². The molecule has 2 aromatic carbocycles. The molecule has 1 fully saturated rings. The molecular weight excluding hydrogens is 364 g/mol. The number of fused-ring (bicyclic) bond motifs is 1. The van der Waals surface area contributed by atoms with E-state index in [0.717, 1.165) is 60.5 Å². The van der Waals surface area contributed by atoms with E-state index in [-0.39, 0.29) is 11.9 Å². The second-order valence-electron chi connectivity index (χ2n) is 7.92. The fraction of sp³-hybridized carbons (Fsp3) is 0.375. The molecule has 5 nitrogen and oxygen atoms in total. The van der Waals surface area contributed by atoms with Crippen LogP contribution in [0.1, 0.15) is 28.3 Å². The van der Waals surface area contributed by atoms with E-state index in [0.29, 0.717) is 6.42 Å². The Bertz CT molecular complexity index is 974. The average molecular weight is 394 g/mol. The van der Waals surface area contributed by atoms with E-state index in [1.807, 2.05) is 18.2 Å². The first-order chi connectivity index (χ1) is 14.1. The Labute approximate surface area is 171 Å². The lowest BCUT2D eigenvalue weighted by Gasteiger charge is -2.28. The molecule has 1 saturated heterocycles. The number of benzene rings is 2. The molecule has 0 saturated carbocycles. The maximum absolute atomic E-state index is 12.9. The quantitative estimate of drug-likeness (QED) is 0.676. The van der Waals surface area contributed by atoms with Gasteiger partial charge in [-0.15, -0.1) is 0 Å². The minimum atomic E-state index is -0.0149. The first-order valence-corrected chi connectivity index (χ1v) is 10.3. The van der Waals surface area contributed by atoms with Crippen LogP contribution in [0, 0.1) is 13.8 Å². The highest BCUT2D eigenvalue weighted by Gasteiger charge is 2.23. The maximum Gasteiger partial charge on any atom is 0.225 e. The van der Waals surface area contributed by atoms with Gasteiger partial charge in [-0.25, -0.2) is 0 Å². The second-order valence-corrected chi connectivity index (χ2v) is 7.92. The highest BCUT2D eigenvalue weighted by atomic mass is 16.5. The number of aryl methyl sites for hydroxylation is 2. The lowest BCUT2D eigenvalue weighted by atomic mass is 10.0. The molecule has 2 N–H and O–H groups in total. The van der Waals surface area contributed by atoms with Crippen molar-refractivity contribution in [2.45, 2.75) is 26.3 Å². The van der Waals surface area contributed by atoms with Crippen molar-refractivity contribution in [2.75, 3.05) is 32.8 Å². The fourth-order valence-electron chi connectivity index (χ4n) is 4.03. The average Bonchev–Trinajstić information content (AvgIpc) is 3.15. The van der Waals surface area contributed by atoms with Gasteiger partial charge in [0, 0.05) is 10.9 Å². The summed E-state index contributed by atoms with van der Waals surface area (Å²) in [6, 6.07) is 14.4. The molecule has 5 heteroatoms. The zero-order valence-electron chi connectivity index (χ0n) is 17.2. The van der Waals surface area contributed by atoms with Crippen molar-refractivity contribution in [1.82, 2.24) is 5.32 Å². The summed E-state index contributed by atoms with van der Waals surface area (Å²) in [6.07, 6.45) is 2.04. The minimum absolute atomic E-state index is 0.0149. The number of hydrogen-bond donors (Lipinski definition) is 2. The van der Waals surface area contributed by atoms with Gasteiger partial charge in [-0.2, -0.15) is 0 Å². The van der Waals surface area contributed by atoms with E-state index in [1.54, 1.807) is 6.26 Å². The summed E-state index contributed by atoms with van der Waals surface area (Å²) < 4.78 is 11.3. The van der Waals surface area contributed by atoms with Crippen molar-refractivity contribution in [3.8, 4) is 0 Å². The molecule has 1 atom stereocenters. The van der Waals surface area contributed by atoms with Gasteiger partial charge in [-0.05, 0) is 30.5 Å². The number of carbonyl (C=O) groups excluding carboxylic acids is 1. The maximum atomic E-state index is 12.9. The smallest absolute Gasteiger partial charge is 0.225 e. The molecule has 0 spiro atoms. The topological polar surface area (TPSA) is 55.9 Å². The molecular formula is C24H29N2O3+. The first-order valence-electron chi connectivity index (χ1n) is 10.3. The van der Waals surface area contributed by atoms with Crippen LogP contribution in [0.2, 0.25) is 0 Å². The number of nitrogens with one attached hydrogen (secondary N) is 2. The summed E-state index contributed by atoms with van der Waals surface area (Å²) in [6.45, 7) is 8.51. The van der Waals surface area contributed by atoms with Crippen molar-refractivity contribution in [1.29, 1.82) is 0 Å². The third-order valence-electron chi connectivity index (χ3n) is 5.92. The van der Waals surface area contributed by atoms with Crippen LogP contribution in [0.3, 0.4) is 0 Å². The van der Waals surface area contributed by atoms with Crippen molar-refractivity contribution >= 4 is 16.9 Å². The van der Waals surface area contributed by atoms with Gasteiger partial charge in [0.15, 0.2) is 0 Å². The largest absolute Gasteiger partial charge is 0.464 e. The molecule has 3 aromatic rings. The Morgan fingerprint density at radius 3 is 2.62 bits per heavy atom. The van der Waals surface area contributed by atoms with Gasteiger partial charge in [0.1, 0.15) is 31.3 Å². The number of carbonyl (C=O) groups is 1. The fourth-order valence-corrected chi connectivity index (χ4v) is 4.03. The van der Waals surface area contributed by atoms with E-state index in [9.17, 15) is 4.79 Å². The van der Waals surface area contributed by atoms with Gasteiger partial charge in [0.2, 0.25) is 5.91 Å². The number of furan rings is 1. The van der Waals surface area contributed by atoms with E-state index in [2.05, 4.69) is 43.4 Å². The molecule has 0 bridgehead atoms. The highest BCUT2D eigenvalue weighted by Crippen LogP contribution is 2.27. The Hall–Kier alpha value is -2.63. The summed E-state index contributed by atoms with van der Waals surface area (Å²) >= 11 is 0. The molecule has 0 unspecified atom stereocenters. The van der Waals surface area contributed by atoms with E-state index in [4.69, 9.17) is 9.15 Å². The summed E-state index contributed by atoms with van der Waals surface area (Å²) in [5.74, 6) is 0.0208. The molecule has 4 rings (SSSR count). The SMILES string of the molecule is Cc1ccc2c(CC(=O)N[C@H](C[NH+]3CCOCC3)c3ccccc3)coc2c1C. The Kier molecular flexibility index (Phi) is 5.97. The predicted octanol–water partition coefficient (Wildman–Crippen LogP) is 2.36. The van der Waals surface area contributed by atoms with E-state index < -0.39 is 0 Å². The molecule has 1 aliphatic rings. The second kappa shape index (κ2) is 8.80. The summed E-state index contributed by atoms with van der Waals surface area (Å²) in [5.41, 5.74) is 5.28. The van der Waals surface area contributed by atoms with Crippen molar-refractivity contribution in [3.05, 3.63) is 71.0 Å². The van der Waals surface area contributed by atoms with E-state index >= 15 is 0 Å². The lowest BCUT2D eigenvalue weighted by Crippen LogP contribution is -3.14. The Balaban J connectivity index is 1.50. The molecule has 29 heavy (non-hydrogen) atoms. The lowest BCUT2D eigenvalue weighted by molar-refractivity contribution is -0.909. The van der Waals surface area contributed by atoms with Gasteiger partial charge >= 0.3 is 0 Å². The molecule has 1 amide bonds. The van der Waals surface area contributed by atoms with Gasteiger partial charge in [-0.1, -0.05) is 42.5 Å². The summed E-state index contributed by atoms with van der Waals surface area (Å²) in [4.78, 5) is 14.4. The first kappa shape index (κ1) is 19.7. The van der Waals surface area contributed by atoms with Crippen LogP contribution in [0.25, 0.3) is 11.0 Å². The highest BCUT2D eigenvalue weighted by molar-refractivity contribution is 5.89. The van der Waals surface area contributed by atoms with Crippen LogP contribution in [0.5, 0.6) is 0 Å². The van der Waals surface area contributed by atoms with Crippen LogP contribution in [0.15, 0.2) is 53.1 Å². The number of hydrogen-bond acceptors (Lipinski definition) is 3. The monoisotopic (exact) mass is 393 g/mol. The molecule has 0 radical (unpaired) electrons. The number of ether oxygens (including phenoxy) is 1. The predicted molar refractivity (Wildman–Crippen MR) is 113 cm³/mol. The van der Waals surface area contributed by atoms with Crippen molar-refractivity contribution < 1.29 is 18.8 Å². The van der Waals surface area contributed by atoms with Crippen LogP contribution in [-0.4, -0.2) is 38.8 Å². The zero-order valence-corrected chi connectivity index (χ0v) is 17.2. The number of rotatable bonds is 6. The number of quaternary nitrogens is 1. The third-order valence-corrected chi connectivity index (χ3v) is 5.92. The van der Waals surface area contributed by atoms with Gasteiger partial charge < -0.3 is 19.4 Å². The van der Waals surface area contributed by atoms with E-state index in [1.165, 1.54) is 10.5 Å². The minimum Gasteiger partial charge on any atom is -0.464 e. The molecule has 1 aromatic heterocycles. The summed E-state index contributed by atoms with van der Waals surface area (Å²) in [5, 5.41) is 4.29. The standard InChI is InChI=1S/C24H28N2O3/c1-17-8-9-21-20(16-29-24(21)18(17)2)14-23(27)25-22(19-6-4-3-5-7-19)15-26-10-12-28-13-11-26/h3-9,16,22H,10-15H2,1-2H3,(H,25,27)/p+1/t22-/m1/s1. The number of morpholine rings is 1. The molecule has 0 aliphatic carbocycles. The van der Waals surface area contributed by atoms with Crippen molar-refractivity contribution in [2.24, 2.45) is 0 Å². The molecule has 152 valence electrons. The Morgan fingerprint density at radius 1 is 1.10 bits per heavy atom. The number of amides is 1. The molecule has 2 heterocycles. The molecule has 1 aliphatic heterocycles. The van der Waals surface area contributed by atoms with Crippen LogP contribution >= 0.6 is 0 Å². The van der Waals surface area contributed by atoms with Crippen LogP contribution in [0.4, 0.5) is 0 Å². The van der Waals surface area contributed by atoms with Gasteiger partial charge in [0.25, 0.3) is 0 Å². The van der Waals surface area contributed by atoms with Crippen LogP contribution < -0.4 is 10.2 Å². The Morgan fingerprint density at radius 2 is 1.86 bits per heavy atom. The van der Waals surface area contributed by atoms with Gasteiger partial charge in [-0.3, -0.25) is 4.79 Å².